The van der Waals surface area contributed by atoms with Crippen molar-refractivity contribution in [2.24, 2.45) is 28.3 Å². The number of allylic oxidation sites excluding steroid dienone is 2. The van der Waals surface area contributed by atoms with Crippen LogP contribution in [0.4, 0.5) is 0 Å². The summed E-state index contributed by atoms with van der Waals surface area (Å²) in [6, 6.07) is 7.86. The predicted molar refractivity (Wildman–Crippen MR) is 123 cm³/mol. The van der Waals surface area contributed by atoms with Crippen molar-refractivity contribution in [2.45, 2.75) is 69.4 Å². The summed E-state index contributed by atoms with van der Waals surface area (Å²) in [4.78, 5) is 19.0. The number of carbonyl (C=O) groups excluding carboxylic acids is 1. The number of nitrogens with one attached hydrogen (secondary N) is 1. The number of hydrogen-bond acceptors (Lipinski definition) is 5. The number of fused-ring (bicyclic) bond motifs is 1. The van der Waals surface area contributed by atoms with Gasteiger partial charge >= 0.3 is 0 Å². The molecule has 162 valence electrons. The molecule has 5 aliphatic rings. The highest BCUT2D eigenvalue weighted by Gasteiger charge is 2.54. The Balaban J connectivity index is 1.16. The highest BCUT2D eigenvalue weighted by atomic mass is 32.2. The van der Waals surface area contributed by atoms with Crippen LogP contribution < -0.4 is 5.43 Å². The monoisotopic (exact) mass is 435 g/mol. The SMILES string of the molecule is O=C(NN=CC1=C(Sc2nc3ccccc3o2)CCCC1)C12CC3CC(CC(C3)C1)C2. The molecule has 1 aromatic carbocycles. The van der Waals surface area contributed by atoms with Gasteiger partial charge < -0.3 is 4.42 Å². The first kappa shape index (κ1) is 19.6. The molecule has 1 aromatic heterocycles. The van der Waals surface area contributed by atoms with Crippen molar-refractivity contribution >= 4 is 35.0 Å². The zero-order valence-electron chi connectivity index (χ0n) is 17.8. The average Bonchev–Trinajstić information content (AvgIpc) is 3.16. The van der Waals surface area contributed by atoms with Crippen LogP contribution in [0.2, 0.25) is 0 Å². The van der Waals surface area contributed by atoms with Crippen LogP contribution in [0.5, 0.6) is 0 Å². The van der Waals surface area contributed by atoms with Crippen molar-refractivity contribution in [3.8, 4) is 0 Å². The molecule has 4 saturated carbocycles. The molecule has 5 nitrogen and oxygen atoms in total. The number of hydrogen-bond donors (Lipinski definition) is 1. The second-order valence-electron chi connectivity index (χ2n) is 10.1. The van der Waals surface area contributed by atoms with Crippen molar-refractivity contribution in [3.63, 3.8) is 0 Å². The molecular weight excluding hydrogens is 406 g/mol. The number of rotatable bonds is 5. The Bertz CT molecular complexity index is 1000. The molecule has 1 N–H and O–H groups in total. The number of amides is 1. The van der Waals surface area contributed by atoms with Gasteiger partial charge in [-0.3, -0.25) is 4.79 Å². The molecule has 7 rings (SSSR count). The van der Waals surface area contributed by atoms with Gasteiger partial charge in [-0.25, -0.2) is 10.4 Å². The normalized spacial score (nSPS) is 32.3. The van der Waals surface area contributed by atoms with Gasteiger partial charge in [-0.2, -0.15) is 5.10 Å². The van der Waals surface area contributed by atoms with Gasteiger partial charge in [0.1, 0.15) is 5.52 Å². The highest BCUT2D eigenvalue weighted by Crippen LogP contribution is 2.60. The third-order valence-electron chi connectivity index (χ3n) is 7.85. The molecule has 0 aliphatic heterocycles. The molecule has 5 aliphatic carbocycles. The summed E-state index contributed by atoms with van der Waals surface area (Å²) in [7, 11) is 0. The zero-order chi connectivity index (χ0) is 20.8. The van der Waals surface area contributed by atoms with Crippen LogP contribution in [0.15, 0.2) is 49.5 Å². The van der Waals surface area contributed by atoms with E-state index in [1.165, 1.54) is 36.2 Å². The van der Waals surface area contributed by atoms with Crippen LogP contribution in [-0.4, -0.2) is 17.1 Å². The molecule has 1 amide bonds. The predicted octanol–water partition coefficient (Wildman–Crippen LogP) is 6.07. The molecule has 2 aromatic rings. The second-order valence-corrected chi connectivity index (χ2v) is 11.1. The Kier molecular flexibility index (Phi) is 4.93. The van der Waals surface area contributed by atoms with Crippen molar-refractivity contribution in [2.75, 3.05) is 0 Å². The fourth-order valence-electron chi connectivity index (χ4n) is 6.83. The molecule has 0 unspecified atom stereocenters. The van der Waals surface area contributed by atoms with Gasteiger partial charge in [0, 0.05) is 0 Å². The van der Waals surface area contributed by atoms with E-state index in [9.17, 15) is 4.79 Å². The van der Waals surface area contributed by atoms with Crippen LogP contribution >= 0.6 is 11.8 Å². The van der Waals surface area contributed by atoms with Crippen LogP contribution in [-0.2, 0) is 4.79 Å². The third-order valence-corrected chi connectivity index (χ3v) is 8.91. The average molecular weight is 436 g/mol. The van der Waals surface area contributed by atoms with E-state index in [1.807, 2.05) is 30.5 Å². The van der Waals surface area contributed by atoms with E-state index in [2.05, 4.69) is 15.5 Å². The molecule has 0 spiro atoms. The third kappa shape index (κ3) is 3.73. The van der Waals surface area contributed by atoms with Crippen LogP contribution in [0.25, 0.3) is 11.1 Å². The Morgan fingerprint density at radius 2 is 1.81 bits per heavy atom. The molecule has 0 radical (unpaired) electrons. The largest absolute Gasteiger partial charge is 0.431 e. The lowest BCUT2D eigenvalue weighted by Crippen LogP contribution is -2.52. The van der Waals surface area contributed by atoms with Gasteiger partial charge in [0.2, 0.25) is 5.91 Å². The van der Waals surface area contributed by atoms with E-state index in [4.69, 9.17) is 4.42 Å². The topological polar surface area (TPSA) is 67.5 Å². The van der Waals surface area contributed by atoms with Gasteiger partial charge in [-0.1, -0.05) is 12.1 Å². The molecule has 1 heterocycles. The number of carbonyl (C=O) groups is 1. The minimum atomic E-state index is -0.150. The molecule has 31 heavy (non-hydrogen) atoms. The fourth-order valence-corrected chi connectivity index (χ4v) is 7.85. The second kappa shape index (κ2) is 7.80. The van der Waals surface area contributed by atoms with E-state index >= 15 is 0 Å². The van der Waals surface area contributed by atoms with Crippen LogP contribution in [0.1, 0.15) is 64.2 Å². The number of hydrazone groups is 1. The summed E-state index contributed by atoms with van der Waals surface area (Å²) in [5.74, 6) is 2.46. The number of oxazole rings is 1. The summed E-state index contributed by atoms with van der Waals surface area (Å²) in [6.07, 6.45) is 13.4. The summed E-state index contributed by atoms with van der Waals surface area (Å²) < 4.78 is 5.90. The smallest absolute Gasteiger partial charge is 0.261 e. The Morgan fingerprint density at radius 1 is 1.10 bits per heavy atom. The first-order valence-electron chi connectivity index (χ1n) is 11.8. The highest BCUT2D eigenvalue weighted by molar-refractivity contribution is 8.02. The molecule has 0 atom stereocenters. The minimum absolute atomic E-state index is 0.150. The Morgan fingerprint density at radius 3 is 2.55 bits per heavy atom. The van der Waals surface area contributed by atoms with Gasteiger partial charge in [-0.05, 0) is 116 Å². The van der Waals surface area contributed by atoms with Crippen LogP contribution in [0, 0.1) is 23.2 Å². The Hall–Kier alpha value is -2.08. The molecule has 4 fully saturated rings. The lowest BCUT2D eigenvalue weighted by Gasteiger charge is -2.55. The summed E-state index contributed by atoms with van der Waals surface area (Å²) in [5, 5.41) is 5.12. The Labute approximate surface area is 187 Å². The number of benzene rings is 1. The van der Waals surface area contributed by atoms with E-state index in [-0.39, 0.29) is 11.3 Å². The fraction of sp³-hybridized carbons (Fsp3) is 0.560. The quantitative estimate of drug-likeness (QED) is 0.457. The zero-order valence-corrected chi connectivity index (χ0v) is 18.6. The van der Waals surface area contributed by atoms with Crippen molar-refractivity contribution in [3.05, 3.63) is 34.7 Å². The first-order chi connectivity index (χ1) is 15.2. The maximum atomic E-state index is 13.1. The molecular formula is C25H29N3O2S. The number of aromatic nitrogens is 1. The van der Waals surface area contributed by atoms with Gasteiger partial charge in [0.15, 0.2) is 5.58 Å². The van der Waals surface area contributed by atoms with E-state index in [0.717, 1.165) is 67.4 Å². The van der Waals surface area contributed by atoms with Crippen molar-refractivity contribution in [1.82, 2.24) is 10.4 Å². The maximum absolute atomic E-state index is 13.1. The maximum Gasteiger partial charge on any atom is 0.261 e. The molecule has 0 saturated heterocycles. The first-order valence-corrected chi connectivity index (χ1v) is 12.6. The minimum Gasteiger partial charge on any atom is -0.431 e. The lowest BCUT2D eigenvalue weighted by atomic mass is 9.49. The van der Waals surface area contributed by atoms with E-state index in [0.29, 0.717) is 5.22 Å². The molecule has 4 bridgehead atoms. The summed E-state index contributed by atoms with van der Waals surface area (Å²) >= 11 is 1.60. The van der Waals surface area contributed by atoms with Gasteiger partial charge in [0.05, 0.1) is 11.6 Å². The standard InChI is InChI=1S/C25H29N3O2S/c29-23(25-12-16-9-17(13-25)11-18(10-16)14-25)28-26-15-19-5-1-4-8-22(19)31-24-27-20-6-2-3-7-21(20)30-24/h2-3,6-7,15-18H,1,4-5,8-14H2,(H,28,29). The van der Waals surface area contributed by atoms with Crippen LogP contribution in [0.3, 0.4) is 0 Å². The molecule has 6 heteroatoms. The van der Waals surface area contributed by atoms with E-state index < -0.39 is 0 Å². The lowest BCUT2D eigenvalue weighted by molar-refractivity contribution is -0.146. The summed E-state index contributed by atoms with van der Waals surface area (Å²) in [5.41, 5.74) is 5.70. The number of thioether (sulfide) groups is 1. The van der Waals surface area contributed by atoms with Gasteiger partial charge in [0.25, 0.3) is 5.22 Å². The summed E-state index contributed by atoms with van der Waals surface area (Å²) in [6.45, 7) is 0. The number of para-hydroxylation sites is 2. The van der Waals surface area contributed by atoms with Crippen molar-refractivity contribution in [1.29, 1.82) is 0 Å². The number of nitrogens with zero attached hydrogens (tertiary/aromatic N) is 2. The van der Waals surface area contributed by atoms with Crippen molar-refractivity contribution < 1.29 is 9.21 Å². The van der Waals surface area contributed by atoms with Gasteiger partial charge in [-0.15, -0.1) is 0 Å². The van der Waals surface area contributed by atoms with E-state index in [1.54, 1.807) is 11.8 Å².